The van der Waals surface area contributed by atoms with Crippen LogP contribution < -0.4 is 4.74 Å². The van der Waals surface area contributed by atoms with Gasteiger partial charge in [-0.3, -0.25) is 4.79 Å². The Balaban J connectivity index is 1.36. The van der Waals surface area contributed by atoms with Crippen molar-refractivity contribution in [3.8, 4) is 17.1 Å². The van der Waals surface area contributed by atoms with Crippen molar-refractivity contribution >= 4 is 5.91 Å². The number of hydrogen-bond donors (Lipinski definition) is 0. The number of methoxy groups -OCH3 is 1. The van der Waals surface area contributed by atoms with Crippen LogP contribution in [0.5, 0.6) is 5.75 Å². The lowest BCUT2D eigenvalue weighted by molar-refractivity contribution is -0.132. The fourth-order valence-electron chi connectivity index (χ4n) is 3.38. The van der Waals surface area contributed by atoms with Gasteiger partial charge in [0.2, 0.25) is 5.91 Å². The molecular formula is C24H25NO3. The molecule has 0 unspecified atom stereocenters. The van der Waals surface area contributed by atoms with Gasteiger partial charge in [0.05, 0.1) is 7.11 Å². The second-order valence-corrected chi connectivity index (χ2v) is 7.23. The van der Waals surface area contributed by atoms with Gasteiger partial charge in [-0.05, 0) is 54.8 Å². The fourth-order valence-corrected chi connectivity index (χ4v) is 3.38. The van der Waals surface area contributed by atoms with Gasteiger partial charge in [0, 0.05) is 31.0 Å². The number of amides is 1. The quantitative estimate of drug-likeness (QED) is 0.551. The third kappa shape index (κ3) is 4.45. The van der Waals surface area contributed by atoms with E-state index in [2.05, 4.69) is 12.1 Å². The van der Waals surface area contributed by atoms with E-state index >= 15 is 0 Å². The van der Waals surface area contributed by atoms with Crippen molar-refractivity contribution in [2.75, 3.05) is 7.11 Å². The third-order valence-corrected chi connectivity index (χ3v) is 5.13. The molecule has 0 aliphatic heterocycles. The molecule has 3 aromatic rings. The van der Waals surface area contributed by atoms with Crippen molar-refractivity contribution in [3.63, 3.8) is 0 Å². The molecule has 4 nitrogen and oxygen atoms in total. The van der Waals surface area contributed by atoms with E-state index in [-0.39, 0.29) is 5.91 Å². The minimum atomic E-state index is 0.203. The highest BCUT2D eigenvalue weighted by Gasteiger charge is 2.32. The molecule has 1 aliphatic rings. The summed E-state index contributed by atoms with van der Waals surface area (Å²) in [7, 11) is 1.65. The predicted octanol–water partition coefficient (Wildman–Crippen LogP) is 5.08. The lowest BCUT2D eigenvalue weighted by atomic mass is 10.1. The molecule has 0 spiro atoms. The monoisotopic (exact) mass is 375 g/mol. The van der Waals surface area contributed by atoms with Crippen LogP contribution in [-0.2, 0) is 17.8 Å². The van der Waals surface area contributed by atoms with Gasteiger partial charge in [0.15, 0.2) is 0 Å². The highest BCUT2D eigenvalue weighted by Crippen LogP contribution is 2.30. The second-order valence-electron chi connectivity index (χ2n) is 7.23. The van der Waals surface area contributed by atoms with E-state index in [9.17, 15) is 4.79 Å². The van der Waals surface area contributed by atoms with Crippen molar-refractivity contribution in [3.05, 3.63) is 78.1 Å². The van der Waals surface area contributed by atoms with E-state index in [1.165, 1.54) is 5.56 Å². The number of furan rings is 1. The number of carbonyl (C=O) groups excluding carboxylic acids is 1. The summed E-state index contributed by atoms with van der Waals surface area (Å²) < 4.78 is 11.1. The first-order valence-electron chi connectivity index (χ1n) is 9.79. The summed E-state index contributed by atoms with van der Waals surface area (Å²) in [4.78, 5) is 14.9. The van der Waals surface area contributed by atoms with Crippen LogP contribution in [-0.4, -0.2) is 24.0 Å². The van der Waals surface area contributed by atoms with Gasteiger partial charge in [-0.2, -0.15) is 0 Å². The van der Waals surface area contributed by atoms with Gasteiger partial charge in [0.1, 0.15) is 17.3 Å². The van der Waals surface area contributed by atoms with Crippen LogP contribution in [0.2, 0.25) is 0 Å². The largest absolute Gasteiger partial charge is 0.497 e. The van der Waals surface area contributed by atoms with Crippen LogP contribution >= 0.6 is 0 Å². The number of hydrogen-bond acceptors (Lipinski definition) is 3. The molecule has 2 aromatic carbocycles. The molecule has 1 heterocycles. The third-order valence-electron chi connectivity index (χ3n) is 5.13. The lowest BCUT2D eigenvalue weighted by Crippen LogP contribution is -2.32. The standard InChI is InChI=1S/C24H25NO3/c1-27-21-11-7-19(8-12-21)23-15-13-22(28-23)14-16-24(26)25(20-9-10-20)17-18-5-3-2-4-6-18/h2-8,11-13,15,20H,9-10,14,16-17H2,1H3. The maximum atomic E-state index is 12.8. The highest BCUT2D eigenvalue weighted by molar-refractivity contribution is 5.77. The van der Waals surface area contributed by atoms with E-state index in [0.717, 1.165) is 35.7 Å². The summed E-state index contributed by atoms with van der Waals surface area (Å²) in [5.41, 5.74) is 2.18. The second kappa shape index (κ2) is 8.34. The number of nitrogens with zero attached hydrogens (tertiary/aromatic N) is 1. The number of ether oxygens (including phenoxy) is 1. The zero-order valence-corrected chi connectivity index (χ0v) is 16.1. The van der Waals surface area contributed by atoms with Gasteiger partial charge < -0.3 is 14.1 Å². The zero-order valence-electron chi connectivity index (χ0n) is 16.1. The fraction of sp³-hybridized carbons (Fsp3) is 0.292. The molecule has 1 saturated carbocycles. The minimum absolute atomic E-state index is 0.203. The van der Waals surface area contributed by atoms with Gasteiger partial charge >= 0.3 is 0 Å². The maximum Gasteiger partial charge on any atom is 0.223 e. The van der Waals surface area contributed by atoms with Crippen molar-refractivity contribution in [1.29, 1.82) is 0 Å². The smallest absolute Gasteiger partial charge is 0.223 e. The van der Waals surface area contributed by atoms with E-state index in [0.29, 0.717) is 25.4 Å². The van der Waals surface area contributed by atoms with Crippen molar-refractivity contribution in [2.24, 2.45) is 0 Å². The van der Waals surface area contributed by atoms with Crippen molar-refractivity contribution < 1.29 is 13.9 Å². The molecule has 144 valence electrons. The van der Waals surface area contributed by atoms with Crippen LogP contribution in [0.1, 0.15) is 30.6 Å². The van der Waals surface area contributed by atoms with Gasteiger partial charge in [-0.15, -0.1) is 0 Å². The normalized spacial score (nSPS) is 13.3. The number of benzene rings is 2. The molecule has 0 N–H and O–H groups in total. The highest BCUT2D eigenvalue weighted by atomic mass is 16.5. The Hall–Kier alpha value is -3.01. The van der Waals surface area contributed by atoms with Gasteiger partial charge in [0.25, 0.3) is 0 Å². The molecular weight excluding hydrogens is 350 g/mol. The van der Waals surface area contributed by atoms with Crippen LogP contribution in [0.3, 0.4) is 0 Å². The van der Waals surface area contributed by atoms with E-state index in [1.807, 2.05) is 59.5 Å². The van der Waals surface area contributed by atoms with Crippen LogP contribution in [0.4, 0.5) is 0 Å². The van der Waals surface area contributed by atoms with Crippen molar-refractivity contribution in [1.82, 2.24) is 4.90 Å². The molecule has 0 radical (unpaired) electrons. The molecule has 4 rings (SSSR count). The summed E-state index contributed by atoms with van der Waals surface area (Å²) in [6.45, 7) is 0.694. The van der Waals surface area contributed by atoms with Crippen LogP contribution in [0, 0.1) is 0 Å². The van der Waals surface area contributed by atoms with Crippen LogP contribution in [0.15, 0.2) is 71.1 Å². The Morgan fingerprint density at radius 2 is 1.79 bits per heavy atom. The average molecular weight is 375 g/mol. The number of carbonyl (C=O) groups is 1. The molecule has 1 aliphatic carbocycles. The Labute approximate surface area is 165 Å². The molecule has 0 atom stereocenters. The first kappa shape index (κ1) is 18.4. The SMILES string of the molecule is COc1ccc(-c2ccc(CCC(=O)N(Cc3ccccc3)C3CC3)o2)cc1. The summed E-state index contributed by atoms with van der Waals surface area (Å²) in [5.74, 6) is 2.68. The van der Waals surface area contributed by atoms with Crippen LogP contribution in [0.25, 0.3) is 11.3 Å². The summed E-state index contributed by atoms with van der Waals surface area (Å²) in [6.07, 6.45) is 3.31. The van der Waals surface area contributed by atoms with E-state index < -0.39 is 0 Å². The molecule has 28 heavy (non-hydrogen) atoms. The Morgan fingerprint density at radius 1 is 1.04 bits per heavy atom. The molecule has 0 saturated heterocycles. The molecule has 1 aromatic heterocycles. The zero-order chi connectivity index (χ0) is 19.3. The first-order valence-corrected chi connectivity index (χ1v) is 9.79. The van der Waals surface area contributed by atoms with Crippen molar-refractivity contribution in [2.45, 2.75) is 38.3 Å². The lowest BCUT2D eigenvalue weighted by Gasteiger charge is -2.22. The van der Waals surface area contributed by atoms with E-state index in [4.69, 9.17) is 9.15 Å². The average Bonchev–Trinajstić information content (AvgIpc) is 3.48. The minimum Gasteiger partial charge on any atom is -0.497 e. The topological polar surface area (TPSA) is 42.7 Å². The maximum absolute atomic E-state index is 12.8. The number of aryl methyl sites for hydroxylation is 1. The Bertz CT molecular complexity index is 911. The molecule has 1 fully saturated rings. The Morgan fingerprint density at radius 3 is 2.46 bits per heavy atom. The molecule has 0 bridgehead atoms. The first-order chi connectivity index (χ1) is 13.7. The summed E-state index contributed by atoms with van der Waals surface area (Å²) in [6, 6.07) is 22.3. The van der Waals surface area contributed by atoms with E-state index in [1.54, 1.807) is 7.11 Å². The summed E-state index contributed by atoms with van der Waals surface area (Å²) in [5, 5.41) is 0. The predicted molar refractivity (Wildman–Crippen MR) is 109 cm³/mol. The van der Waals surface area contributed by atoms with Gasteiger partial charge in [-0.1, -0.05) is 30.3 Å². The summed E-state index contributed by atoms with van der Waals surface area (Å²) >= 11 is 0. The molecule has 1 amide bonds. The molecule has 4 heteroatoms. The number of rotatable bonds is 8. The van der Waals surface area contributed by atoms with Gasteiger partial charge in [-0.25, -0.2) is 0 Å². The Kier molecular flexibility index (Phi) is 5.47.